The van der Waals surface area contributed by atoms with Gasteiger partial charge in [-0.3, -0.25) is 9.69 Å². The van der Waals surface area contributed by atoms with Crippen molar-refractivity contribution in [2.24, 2.45) is 4.99 Å². The van der Waals surface area contributed by atoms with Gasteiger partial charge in [-0.25, -0.2) is 9.38 Å². The number of benzene rings is 3. The molecule has 1 aliphatic heterocycles. The number of nitrogens with zero attached hydrogens (tertiary/aromatic N) is 2. The minimum absolute atomic E-state index is 0.0802. The molecule has 1 saturated heterocycles. The lowest BCUT2D eigenvalue weighted by Gasteiger charge is -2.12. The summed E-state index contributed by atoms with van der Waals surface area (Å²) in [4.78, 5) is 19.9. The quantitative estimate of drug-likeness (QED) is 0.309. The molecule has 3 aromatic rings. The zero-order valence-corrected chi connectivity index (χ0v) is 21.0. The molecule has 3 aromatic carbocycles. The molecule has 0 saturated carbocycles. The summed E-state index contributed by atoms with van der Waals surface area (Å²) in [6.07, 6.45) is 1.79. The molecular formula is C26H22BrFN2O3S. The summed E-state index contributed by atoms with van der Waals surface area (Å²) in [6, 6.07) is 19.3. The van der Waals surface area contributed by atoms with Gasteiger partial charge in [0.15, 0.2) is 5.17 Å². The second-order valence-corrected chi connectivity index (χ2v) is 9.24. The molecule has 0 radical (unpaired) electrons. The zero-order valence-electron chi connectivity index (χ0n) is 18.6. The number of likely N-dealkylation sites (N-methyl/N-ethyl adjacent to an activating group) is 1. The molecule has 5 nitrogen and oxygen atoms in total. The van der Waals surface area contributed by atoms with Crippen LogP contribution in [0.25, 0.3) is 6.08 Å². The van der Waals surface area contributed by atoms with Crippen LogP contribution < -0.4 is 9.47 Å². The first kappa shape index (κ1) is 24.0. The monoisotopic (exact) mass is 540 g/mol. The van der Waals surface area contributed by atoms with Crippen molar-refractivity contribution in [1.29, 1.82) is 0 Å². The maximum atomic E-state index is 14.0. The van der Waals surface area contributed by atoms with Crippen LogP contribution in [0.15, 0.2) is 81.1 Å². The Hall–Kier alpha value is -3.10. The van der Waals surface area contributed by atoms with Crippen LogP contribution >= 0.6 is 27.7 Å². The maximum Gasteiger partial charge on any atom is 0.266 e. The Balaban J connectivity index is 1.61. The third-order valence-corrected chi connectivity index (χ3v) is 6.60. The lowest BCUT2D eigenvalue weighted by molar-refractivity contribution is -0.122. The van der Waals surface area contributed by atoms with Crippen molar-refractivity contribution in [1.82, 2.24) is 4.90 Å². The van der Waals surface area contributed by atoms with Crippen LogP contribution in [0.4, 0.5) is 10.1 Å². The Morgan fingerprint density at radius 3 is 2.59 bits per heavy atom. The molecule has 34 heavy (non-hydrogen) atoms. The van der Waals surface area contributed by atoms with Crippen molar-refractivity contribution in [3.8, 4) is 11.5 Å². The van der Waals surface area contributed by atoms with E-state index in [1.807, 2.05) is 43.3 Å². The van der Waals surface area contributed by atoms with E-state index in [-0.39, 0.29) is 18.3 Å². The molecule has 1 amide bonds. The van der Waals surface area contributed by atoms with Gasteiger partial charge in [0.1, 0.15) is 23.9 Å². The van der Waals surface area contributed by atoms with Crippen molar-refractivity contribution in [3.05, 3.63) is 93.1 Å². The first-order valence-corrected chi connectivity index (χ1v) is 12.2. The van der Waals surface area contributed by atoms with Gasteiger partial charge in [-0.05, 0) is 73.3 Å². The topological polar surface area (TPSA) is 51.1 Å². The molecule has 1 aliphatic rings. The van der Waals surface area contributed by atoms with E-state index in [0.29, 0.717) is 33.5 Å². The summed E-state index contributed by atoms with van der Waals surface area (Å²) in [5, 5.41) is 0.604. The number of ether oxygens (including phenoxy) is 2. The van der Waals surface area contributed by atoms with Gasteiger partial charge in [0, 0.05) is 22.1 Å². The third-order valence-electron chi connectivity index (χ3n) is 5.10. The molecule has 0 bridgehead atoms. The van der Waals surface area contributed by atoms with Crippen molar-refractivity contribution in [2.75, 3.05) is 13.7 Å². The SMILES string of the molecule is CCN1C(=O)/C(=C\c2cc(Br)ccc2OCc2ccccc2F)SC1=Nc1ccc(OC)cc1. The summed E-state index contributed by atoms with van der Waals surface area (Å²) in [6.45, 7) is 2.48. The molecule has 0 spiro atoms. The molecule has 4 rings (SSSR count). The molecule has 174 valence electrons. The third kappa shape index (κ3) is 5.51. The predicted molar refractivity (Wildman–Crippen MR) is 138 cm³/mol. The van der Waals surface area contributed by atoms with E-state index in [2.05, 4.69) is 20.9 Å². The first-order chi connectivity index (χ1) is 16.5. The van der Waals surface area contributed by atoms with Gasteiger partial charge in [0.2, 0.25) is 0 Å². The summed E-state index contributed by atoms with van der Waals surface area (Å²) in [5.74, 6) is 0.847. The summed E-state index contributed by atoms with van der Waals surface area (Å²) < 4.78 is 26.0. The van der Waals surface area contributed by atoms with Gasteiger partial charge in [0.25, 0.3) is 5.91 Å². The van der Waals surface area contributed by atoms with E-state index in [4.69, 9.17) is 9.47 Å². The van der Waals surface area contributed by atoms with Crippen LogP contribution in [-0.4, -0.2) is 29.6 Å². The first-order valence-electron chi connectivity index (χ1n) is 10.6. The lowest BCUT2D eigenvalue weighted by atomic mass is 10.1. The molecule has 0 unspecified atom stereocenters. The van der Waals surface area contributed by atoms with Gasteiger partial charge in [-0.2, -0.15) is 0 Å². The van der Waals surface area contributed by atoms with Crippen LogP contribution in [0.3, 0.4) is 0 Å². The molecular weight excluding hydrogens is 519 g/mol. The van der Waals surface area contributed by atoms with E-state index < -0.39 is 0 Å². The van der Waals surface area contributed by atoms with Gasteiger partial charge >= 0.3 is 0 Å². The molecule has 0 aromatic heterocycles. The number of rotatable bonds is 7. The van der Waals surface area contributed by atoms with Crippen molar-refractivity contribution in [3.63, 3.8) is 0 Å². The minimum atomic E-state index is -0.320. The van der Waals surface area contributed by atoms with E-state index in [1.54, 1.807) is 42.4 Å². The van der Waals surface area contributed by atoms with E-state index >= 15 is 0 Å². The van der Waals surface area contributed by atoms with E-state index in [0.717, 1.165) is 15.9 Å². The van der Waals surface area contributed by atoms with Gasteiger partial charge in [0.05, 0.1) is 17.7 Å². The fourth-order valence-corrected chi connectivity index (χ4v) is 4.75. The number of thioether (sulfide) groups is 1. The van der Waals surface area contributed by atoms with Gasteiger partial charge < -0.3 is 9.47 Å². The number of carbonyl (C=O) groups is 1. The highest BCUT2D eigenvalue weighted by Crippen LogP contribution is 2.36. The van der Waals surface area contributed by atoms with E-state index in [9.17, 15) is 9.18 Å². The largest absolute Gasteiger partial charge is 0.497 e. The summed E-state index contributed by atoms with van der Waals surface area (Å²) in [5.41, 5.74) is 1.90. The van der Waals surface area contributed by atoms with Crippen LogP contribution in [-0.2, 0) is 11.4 Å². The van der Waals surface area contributed by atoms with E-state index in [1.165, 1.54) is 17.8 Å². The second kappa shape index (κ2) is 10.9. The normalized spacial score (nSPS) is 15.9. The molecule has 8 heteroatoms. The fourth-order valence-electron chi connectivity index (χ4n) is 3.31. The molecule has 0 N–H and O–H groups in total. The number of methoxy groups -OCH3 is 1. The highest BCUT2D eigenvalue weighted by molar-refractivity contribution is 9.10. The average Bonchev–Trinajstić information content (AvgIpc) is 3.13. The van der Waals surface area contributed by atoms with Crippen LogP contribution in [0.1, 0.15) is 18.1 Å². The number of halogens is 2. The highest BCUT2D eigenvalue weighted by atomic mass is 79.9. The number of amides is 1. The smallest absolute Gasteiger partial charge is 0.266 e. The average molecular weight is 541 g/mol. The van der Waals surface area contributed by atoms with Gasteiger partial charge in [-0.1, -0.05) is 34.1 Å². The molecule has 1 fully saturated rings. The number of aliphatic imine (C=N–C) groups is 1. The zero-order chi connectivity index (χ0) is 24.1. The number of hydrogen-bond donors (Lipinski definition) is 0. The Labute approximate surface area is 210 Å². The number of carbonyl (C=O) groups excluding carboxylic acids is 1. The standard InChI is InChI=1S/C26H22BrFN2O3S/c1-3-30-25(31)24(34-26(30)29-20-9-11-21(32-2)12-10-20)15-18-14-19(27)8-13-23(18)33-16-17-6-4-5-7-22(17)28/h4-15H,3,16H2,1-2H3/b24-15+,29-26?. The number of amidine groups is 1. The lowest BCUT2D eigenvalue weighted by Crippen LogP contribution is -2.28. The number of hydrogen-bond acceptors (Lipinski definition) is 5. The van der Waals surface area contributed by atoms with Crippen molar-refractivity contribution < 1.29 is 18.7 Å². The van der Waals surface area contributed by atoms with Crippen LogP contribution in [0, 0.1) is 5.82 Å². The fraction of sp³-hybridized carbons (Fsp3) is 0.154. The second-order valence-electron chi connectivity index (χ2n) is 7.31. The predicted octanol–water partition coefficient (Wildman–Crippen LogP) is 6.80. The van der Waals surface area contributed by atoms with Crippen LogP contribution in [0.2, 0.25) is 0 Å². The van der Waals surface area contributed by atoms with Crippen molar-refractivity contribution >= 4 is 50.5 Å². The summed E-state index contributed by atoms with van der Waals surface area (Å²) in [7, 11) is 1.61. The molecule has 1 heterocycles. The Morgan fingerprint density at radius 2 is 1.88 bits per heavy atom. The molecule has 0 aliphatic carbocycles. The minimum Gasteiger partial charge on any atom is -0.497 e. The van der Waals surface area contributed by atoms with Crippen LogP contribution in [0.5, 0.6) is 11.5 Å². The Kier molecular flexibility index (Phi) is 7.70. The highest BCUT2D eigenvalue weighted by Gasteiger charge is 2.32. The Morgan fingerprint density at radius 1 is 1.12 bits per heavy atom. The van der Waals surface area contributed by atoms with Gasteiger partial charge in [-0.15, -0.1) is 0 Å². The summed E-state index contributed by atoms with van der Waals surface area (Å²) >= 11 is 4.79. The molecule has 0 atom stereocenters. The van der Waals surface area contributed by atoms with Crippen molar-refractivity contribution in [2.45, 2.75) is 13.5 Å². The Bertz CT molecular complexity index is 1260. The maximum absolute atomic E-state index is 14.0.